The van der Waals surface area contributed by atoms with E-state index in [0.717, 1.165) is 38.8 Å². The van der Waals surface area contributed by atoms with Gasteiger partial charge in [0.1, 0.15) is 0 Å². The smallest absolute Gasteiger partial charge is 0.305 e. The van der Waals surface area contributed by atoms with Crippen LogP contribution >= 0.6 is 0 Å². The van der Waals surface area contributed by atoms with Crippen LogP contribution in [0.5, 0.6) is 0 Å². The summed E-state index contributed by atoms with van der Waals surface area (Å²) in [6, 6.07) is -0.165. The summed E-state index contributed by atoms with van der Waals surface area (Å²) in [6.07, 6.45) is 4.06. The number of carbonyl (C=O) groups excluding carboxylic acids is 1. The molecule has 3 N–H and O–H groups in total. The Morgan fingerprint density at radius 3 is 2.65 bits per heavy atom. The highest BCUT2D eigenvalue weighted by molar-refractivity contribution is 5.80. The van der Waals surface area contributed by atoms with E-state index >= 15 is 0 Å². The van der Waals surface area contributed by atoms with Crippen LogP contribution in [0.1, 0.15) is 32.1 Å². The monoisotopic (exact) mass is 240 g/mol. The Labute approximate surface area is 101 Å². The van der Waals surface area contributed by atoms with E-state index in [1.165, 1.54) is 0 Å². The molecule has 2 fully saturated rings. The Morgan fingerprint density at radius 2 is 2.12 bits per heavy atom. The third kappa shape index (κ3) is 3.70. The van der Waals surface area contributed by atoms with E-state index < -0.39 is 5.97 Å². The van der Waals surface area contributed by atoms with Crippen LogP contribution in [-0.2, 0) is 9.59 Å². The van der Waals surface area contributed by atoms with Gasteiger partial charge in [-0.15, -0.1) is 0 Å². The number of aliphatic carboxylic acids is 1. The third-order valence-corrected chi connectivity index (χ3v) is 3.58. The zero-order valence-corrected chi connectivity index (χ0v) is 9.95. The van der Waals surface area contributed by atoms with E-state index in [4.69, 9.17) is 5.11 Å². The van der Waals surface area contributed by atoms with Crippen molar-refractivity contribution in [3.05, 3.63) is 0 Å². The summed E-state index contributed by atoms with van der Waals surface area (Å²) in [5.74, 6) is -0.412. The molecule has 0 aromatic rings. The number of carbonyl (C=O) groups is 2. The molecular formula is C12H20N2O3. The van der Waals surface area contributed by atoms with Crippen LogP contribution in [0.2, 0.25) is 0 Å². The first-order chi connectivity index (χ1) is 8.16. The summed E-state index contributed by atoms with van der Waals surface area (Å²) >= 11 is 0. The van der Waals surface area contributed by atoms with E-state index in [9.17, 15) is 9.59 Å². The topological polar surface area (TPSA) is 78.4 Å². The first kappa shape index (κ1) is 12.4. The van der Waals surface area contributed by atoms with Gasteiger partial charge in [0.05, 0.1) is 12.3 Å². The fourth-order valence-electron chi connectivity index (χ4n) is 2.40. The highest BCUT2D eigenvalue weighted by Gasteiger charge is 2.35. The van der Waals surface area contributed by atoms with Gasteiger partial charge in [0.25, 0.3) is 0 Å². The molecule has 1 aliphatic heterocycles. The van der Waals surface area contributed by atoms with Gasteiger partial charge in [-0.25, -0.2) is 0 Å². The molecule has 0 aromatic carbocycles. The Balaban J connectivity index is 1.83. The van der Waals surface area contributed by atoms with Crippen molar-refractivity contribution >= 4 is 11.9 Å². The molecule has 1 aliphatic carbocycles. The first-order valence-electron chi connectivity index (χ1n) is 6.39. The number of carboxylic acid groups (broad SMARTS) is 1. The average Bonchev–Trinajstić information content (AvgIpc) is 3.12. The van der Waals surface area contributed by atoms with Crippen molar-refractivity contribution in [3.63, 3.8) is 0 Å². The van der Waals surface area contributed by atoms with Gasteiger partial charge in [-0.05, 0) is 38.1 Å². The van der Waals surface area contributed by atoms with E-state index in [0.29, 0.717) is 5.92 Å². The van der Waals surface area contributed by atoms with E-state index in [1.54, 1.807) is 0 Å². The number of carboxylic acids is 1. The second-order valence-electron chi connectivity index (χ2n) is 5.09. The van der Waals surface area contributed by atoms with Crippen molar-refractivity contribution in [3.8, 4) is 0 Å². The second kappa shape index (κ2) is 5.49. The quantitative estimate of drug-likeness (QED) is 0.648. The molecule has 2 aliphatic rings. The molecule has 0 radical (unpaired) electrons. The summed E-state index contributed by atoms with van der Waals surface area (Å²) in [5, 5.41) is 14.9. The van der Waals surface area contributed by atoms with Crippen LogP contribution in [-0.4, -0.2) is 36.1 Å². The molecule has 5 nitrogen and oxygen atoms in total. The van der Waals surface area contributed by atoms with Crippen molar-refractivity contribution in [2.75, 3.05) is 13.1 Å². The molecule has 1 amide bonds. The highest BCUT2D eigenvalue weighted by atomic mass is 16.4. The standard InChI is InChI=1S/C12H20N2O3/c15-11(16)6-10(8-3-4-8)14-12(17)9-2-1-5-13-7-9/h8-10,13H,1-7H2,(H,14,17)(H,15,16)/t9-,10?/m0/s1. The molecule has 1 heterocycles. The maximum Gasteiger partial charge on any atom is 0.305 e. The molecule has 0 spiro atoms. The number of amides is 1. The van der Waals surface area contributed by atoms with Crippen molar-refractivity contribution in [1.29, 1.82) is 0 Å². The lowest BCUT2D eigenvalue weighted by molar-refractivity contribution is -0.138. The minimum absolute atomic E-state index is 0.0128. The Bertz CT molecular complexity index is 296. The molecule has 96 valence electrons. The molecular weight excluding hydrogens is 220 g/mol. The van der Waals surface area contributed by atoms with Crippen LogP contribution in [0.25, 0.3) is 0 Å². The Kier molecular flexibility index (Phi) is 3.99. The molecule has 2 rings (SSSR count). The van der Waals surface area contributed by atoms with Gasteiger partial charge in [0.2, 0.25) is 5.91 Å². The Morgan fingerprint density at radius 1 is 1.35 bits per heavy atom. The zero-order valence-electron chi connectivity index (χ0n) is 9.95. The van der Waals surface area contributed by atoms with Gasteiger partial charge in [-0.3, -0.25) is 9.59 Å². The highest BCUT2D eigenvalue weighted by Crippen LogP contribution is 2.34. The SMILES string of the molecule is O=C(O)CC(NC(=O)[C@H]1CCCNC1)C1CC1. The number of nitrogens with one attached hydrogen (secondary N) is 2. The molecule has 1 saturated carbocycles. The van der Waals surface area contributed by atoms with Gasteiger partial charge in [0, 0.05) is 12.6 Å². The zero-order chi connectivity index (χ0) is 12.3. The van der Waals surface area contributed by atoms with Crippen LogP contribution < -0.4 is 10.6 Å². The molecule has 0 bridgehead atoms. The van der Waals surface area contributed by atoms with E-state index in [-0.39, 0.29) is 24.3 Å². The molecule has 17 heavy (non-hydrogen) atoms. The van der Waals surface area contributed by atoms with E-state index in [2.05, 4.69) is 10.6 Å². The number of hydrogen-bond donors (Lipinski definition) is 3. The largest absolute Gasteiger partial charge is 0.481 e. The van der Waals surface area contributed by atoms with Crippen LogP contribution in [0, 0.1) is 11.8 Å². The van der Waals surface area contributed by atoms with Gasteiger partial charge in [-0.2, -0.15) is 0 Å². The Hall–Kier alpha value is -1.10. The fourth-order valence-corrected chi connectivity index (χ4v) is 2.40. The second-order valence-corrected chi connectivity index (χ2v) is 5.09. The molecule has 1 unspecified atom stereocenters. The van der Waals surface area contributed by atoms with Gasteiger partial charge >= 0.3 is 5.97 Å². The first-order valence-corrected chi connectivity index (χ1v) is 6.39. The summed E-state index contributed by atoms with van der Waals surface area (Å²) in [6.45, 7) is 1.70. The minimum atomic E-state index is -0.830. The predicted molar refractivity (Wildman–Crippen MR) is 62.5 cm³/mol. The third-order valence-electron chi connectivity index (χ3n) is 3.58. The minimum Gasteiger partial charge on any atom is -0.481 e. The van der Waals surface area contributed by atoms with Gasteiger partial charge in [0.15, 0.2) is 0 Å². The van der Waals surface area contributed by atoms with Crippen LogP contribution in [0.15, 0.2) is 0 Å². The van der Waals surface area contributed by atoms with Crippen molar-refractivity contribution in [2.45, 2.75) is 38.1 Å². The molecule has 2 atom stereocenters. The number of hydrogen-bond acceptors (Lipinski definition) is 3. The molecule has 5 heteroatoms. The molecule has 0 aromatic heterocycles. The van der Waals surface area contributed by atoms with Gasteiger partial charge < -0.3 is 15.7 Å². The van der Waals surface area contributed by atoms with Crippen LogP contribution in [0.4, 0.5) is 0 Å². The molecule has 1 saturated heterocycles. The normalized spacial score (nSPS) is 26.2. The summed E-state index contributed by atoms with van der Waals surface area (Å²) in [5.41, 5.74) is 0. The van der Waals surface area contributed by atoms with Crippen molar-refractivity contribution < 1.29 is 14.7 Å². The summed E-state index contributed by atoms with van der Waals surface area (Å²) < 4.78 is 0. The maximum absolute atomic E-state index is 12.0. The maximum atomic E-state index is 12.0. The average molecular weight is 240 g/mol. The summed E-state index contributed by atoms with van der Waals surface area (Å²) in [7, 11) is 0. The van der Waals surface area contributed by atoms with Gasteiger partial charge in [-0.1, -0.05) is 0 Å². The lowest BCUT2D eigenvalue weighted by Crippen LogP contribution is -2.45. The fraction of sp³-hybridized carbons (Fsp3) is 0.833. The predicted octanol–water partition coefficient (Wildman–Crippen LogP) is 0.355. The summed E-state index contributed by atoms with van der Waals surface area (Å²) in [4.78, 5) is 22.7. The van der Waals surface area contributed by atoms with E-state index in [1.807, 2.05) is 0 Å². The van der Waals surface area contributed by atoms with Crippen molar-refractivity contribution in [1.82, 2.24) is 10.6 Å². The lowest BCUT2D eigenvalue weighted by atomic mass is 9.97. The van der Waals surface area contributed by atoms with Crippen LogP contribution in [0.3, 0.4) is 0 Å². The lowest BCUT2D eigenvalue weighted by Gasteiger charge is -2.25. The van der Waals surface area contributed by atoms with Crippen molar-refractivity contribution in [2.24, 2.45) is 11.8 Å². The number of piperidine rings is 1. The number of rotatable bonds is 5.